The van der Waals surface area contributed by atoms with E-state index >= 15 is 0 Å². The summed E-state index contributed by atoms with van der Waals surface area (Å²) in [6.07, 6.45) is 2.15. The SMILES string of the molecule is Cc1cc(C)c(C(=N)N)c(OC2CCN(C)CC2)n1. The summed E-state index contributed by atoms with van der Waals surface area (Å²) >= 11 is 0. The third kappa shape index (κ3) is 3.23. The average Bonchev–Trinajstić information content (AvgIpc) is 2.30. The maximum absolute atomic E-state index is 7.69. The summed E-state index contributed by atoms with van der Waals surface area (Å²) in [6, 6.07) is 1.93. The number of hydrogen-bond acceptors (Lipinski definition) is 4. The Bertz CT molecular complexity index is 479. The molecule has 1 fully saturated rings. The van der Waals surface area contributed by atoms with Gasteiger partial charge in [-0.05, 0) is 45.4 Å². The molecule has 0 bridgehead atoms. The summed E-state index contributed by atoms with van der Waals surface area (Å²) in [7, 11) is 2.12. The van der Waals surface area contributed by atoms with Crippen LogP contribution in [0.25, 0.3) is 0 Å². The predicted molar refractivity (Wildman–Crippen MR) is 75.9 cm³/mol. The summed E-state index contributed by atoms with van der Waals surface area (Å²) in [5.74, 6) is 0.535. The minimum Gasteiger partial charge on any atom is -0.474 e. The number of ether oxygens (including phenoxy) is 1. The predicted octanol–water partition coefficient (Wildman–Crippen LogP) is 1.46. The lowest BCUT2D eigenvalue weighted by Crippen LogP contribution is -2.36. The van der Waals surface area contributed by atoms with Crippen LogP contribution < -0.4 is 10.5 Å². The van der Waals surface area contributed by atoms with Gasteiger partial charge in [-0.25, -0.2) is 4.98 Å². The highest BCUT2D eigenvalue weighted by atomic mass is 16.5. The van der Waals surface area contributed by atoms with E-state index in [2.05, 4.69) is 16.9 Å². The molecule has 3 N–H and O–H groups in total. The van der Waals surface area contributed by atoms with E-state index in [1.165, 1.54) is 0 Å². The Kier molecular flexibility index (Phi) is 4.04. The van der Waals surface area contributed by atoms with E-state index in [0.29, 0.717) is 11.4 Å². The van der Waals surface area contributed by atoms with Crippen LogP contribution in [0.3, 0.4) is 0 Å². The molecule has 0 aromatic carbocycles. The maximum atomic E-state index is 7.69. The highest BCUT2D eigenvalue weighted by Gasteiger charge is 2.21. The molecule has 5 nitrogen and oxygen atoms in total. The van der Waals surface area contributed by atoms with Crippen LogP contribution in [-0.4, -0.2) is 42.0 Å². The van der Waals surface area contributed by atoms with Crippen molar-refractivity contribution in [3.63, 3.8) is 0 Å². The van der Waals surface area contributed by atoms with Gasteiger partial charge >= 0.3 is 0 Å². The first-order valence-corrected chi connectivity index (χ1v) is 6.65. The van der Waals surface area contributed by atoms with Gasteiger partial charge < -0.3 is 15.4 Å². The minimum atomic E-state index is 0.0212. The molecule has 1 aliphatic heterocycles. The first kappa shape index (κ1) is 13.8. The molecule has 0 spiro atoms. The second-order valence-corrected chi connectivity index (χ2v) is 5.29. The molecule has 2 heterocycles. The molecule has 1 aromatic rings. The molecule has 2 rings (SSSR count). The summed E-state index contributed by atoms with van der Waals surface area (Å²) in [5.41, 5.74) is 8.12. The Morgan fingerprint density at radius 1 is 1.42 bits per heavy atom. The molecule has 0 radical (unpaired) electrons. The van der Waals surface area contributed by atoms with Crippen molar-refractivity contribution >= 4 is 5.84 Å². The number of nitrogens with two attached hydrogens (primary N) is 1. The minimum absolute atomic E-state index is 0.0212. The zero-order valence-corrected chi connectivity index (χ0v) is 11.9. The number of piperidine rings is 1. The summed E-state index contributed by atoms with van der Waals surface area (Å²) in [4.78, 5) is 6.70. The van der Waals surface area contributed by atoms with Crippen LogP contribution in [-0.2, 0) is 0 Å². The lowest BCUT2D eigenvalue weighted by atomic mass is 10.1. The molecule has 1 aromatic heterocycles. The lowest BCUT2D eigenvalue weighted by molar-refractivity contribution is 0.109. The number of hydrogen-bond donors (Lipinski definition) is 2. The van der Waals surface area contributed by atoms with Crippen LogP contribution in [0.5, 0.6) is 5.88 Å². The van der Waals surface area contributed by atoms with Crippen molar-refractivity contribution in [1.29, 1.82) is 5.41 Å². The normalized spacial score (nSPS) is 17.4. The zero-order chi connectivity index (χ0) is 14.0. The molecule has 0 unspecified atom stereocenters. The highest BCUT2D eigenvalue weighted by Crippen LogP contribution is 2.24. The second kappa shape index (κ2) is 5.57. The number of nitrogen functional groups attached to an aromatic ring is 1. The van der Waals surface area contributed by atoms with Gasteiger partial charge in [0.25, 0.3) is 0 Å². The smallest absolute Gasteiger partial charge is 0.225 e. The van der Waals surface area contributed by atoms with Crippen molar-refractivity contribution < 1.29 is 4.74 Å². The van der Waals surface area contributed by atoms with Crippen molar-refractivity contribution in [2.24, 2.45) is 5.73 Å². The van der Waals surface area contributed by atoms with E-state index in [9.17, 15) is 0 Å². The molecule has 0 amide bonds. The summed E-state index contributed by atoms with van der Waals surface area (Å²) in [5, 5.41) is 7.69. The summed E-state index contributed by atoms with van der Waals surface area (Å²) in [6.45, 7) is 5.93. The Morgan fingerprint density at radius 3 is 2.63 bits per heavy atom. The first-order valence-electron chi connectivity index (χ1n) is 6.65. The van der Waals surface area contributed by atoms with Crippen molar-refractivity contribution in [3.8, 4) is 5.88 Å². The van der Waals surface area contributed by atoms with Crippen LogP contribution in [0.2, 0.25) is 0 Å². The van der Waals surface area contributed by atoms with E-state index < -0.39 is 0 Å². The third-order valence-electron chi connectivity index (χ3n) is 3.52. The van der Waals surface area contributed by atoms with Crippen LogP contribution >= 0.6 is 0 Å². The number of rotatable bonds is 3. The summed E-state index contributed by atoms with van der Waals surface area (Å²) < 4.78 is 6.00. The topological polar surface area (TPSA) is 75.2 Å². The van der Waals surface area contributed by atoms with Gasteiger partial charge in [-0.15, -0.1) is 0 Å². The fourth-order valence-electron chi connectivity index (χ4n) is 2.48. The third-order valence-corrected chi connectivity index (χ3v) is 3.52. The van der Waals surface area contributed by atoms with Gasteiger partial charge in [0.2, 0.25) is 5.88 Å². The second-order valence-electron chi connectivity index (χ2n) is 5.29. The lowest BCUT2D eigenvalue weighted by Gasteiger charge is -2.29. The number of nitrogens with one attached hydrogen (secondary N) is 1. The van der Waals surface area contributed by atoms with E-state index in [1.54, 1.807) is 0 Å². The van der Waals surface area contributed by atoms with Crippen molar-refractivity contribution in [2.45, 2.75) is 32.8 Å². The van der Waals surface area contributed by atoms with Crippen LogP contribution in [0.4, 0.5) is 0 Å². The number of pyridine rings is 1. The molecule has 0 saturated carbocycles. The van der Waals surface area contributed by atoms with E-state index in [0.717, 1.165) is 37.2 Å². The standard InChI is InChI=1S/C14H22N4O/c1-9-8-10(2)17-14(12(9)13(15)16)19-11-4-6-18(3)7-5-11/h8,11H,4-7H2,1-3H3,(H3,15,16). The Morgan fingerprint density at radius 2 is 2.05 bits per heavy atom. The fraction of sp³-hybridized carbons (Fsp3) is 0.571. The van der Waals surface area contributed by atoms with Gasteiger partial charge in [0.05, 0.1) is 5.56 Å². The van der Waals surface area contributed by atoms with Gasteiger partial charge in [0, 0.05) is 18.8 Å². The van der Waals surface area contributed by atoms with Crippen LogP contribution in [0.15, 0.2) is 6.07 Å². The molecular weight excluding hydrogens is 240 g/mol. The van der Waals surface area contributed by atoms with Crippen LogP contribution in [0, 0.1) is 19.3 Å². The first-order chi connectivity index (χ1) is 8.97. The van der Waals surface area contributed by atoms with Gasteiger partial charge in [-0.3, -0.25) is 5.41 Å². The number of amidine groups is 1. The number of aromatic nitrogens is 1. The zero-order valence-electron chi connectivity index (χ0n) is 11.9. The Balaban J connectivity index is 2.21. The fourth-order valence-corrected chi connectivity index (χ4v) is 2.48. The van der Waals surface area contributed by atoms with Gasteiger partial charge in [-0.2, -0.15) is 0 Å². The molecule has 0 atom stereocenters. The number of aryl methyl sites for hydroxylation is 2. The monoisotopic (exact) mass is 262 g/mol. The molecular formula is C14H22N4O. The Labute approximate surface area is 114 Å². The molecule has 104 valence electrons. The van der Waals surface area contributed by atoms with Crippen molar-refractivity contribution in [2.75, 3.05) is 20.1 Å². The van der Waals surface area contributed by atoms with E-state index in [1.807, 2.05) is 19.9 Å². The molecule has 19 heavy (non-hydrogen) atoms. The number of likely N-dealkylation sites (tertiary alicyclic amines) is 1. The Hall–Kier alpha value is -1.62. The average molecular weight is 262 g/mol. The van der Waals surface area contributed by atoms with Crippen molar-refractivity contribution in [3.05, 3.63) is 22.9 Å². The van der Waals surface area contributed by atoms with Gasteiger partial charge in [-0.1, -0.05) is 0 Å². The highest BCUT2D eigenvalue weighted by molar-refractivity contribution is 5.98. The van der Waals surface area contributed by atoms with E-state index in [-0.39, 0.29) is 11.9 Å². The molecule has 0 aliphatic carbocycles. The van der Waals surface area contributed by atoms with Crippen LogP contribution in [0.1, 0.15) is 29.7 Å². The van der Waals surface area contributed by atoms with Gasteiger partial charge in [0.1, 0.15) is 11.9 Å². The number of nitrogens with zero attached hydrogens (tertiary/aromatic N) is 2. The largest absolute Gasteiger partial charge is 0.474 e. The van der Waals surface area contributed by atoms with E-state index in [4.69, 9.17) is 15.9 Å². The maximum Gasteiger partial charge on any atom is 0.225 e. The molecule has 1 aliphatic rings. The molecule has 5 heteroatoms. The van der Waals surface area contributed by atoms with Gasteiger partial charge in [0.15, 0.2) is 0 Å². The molecule has 1 saturated heterocycles. The van der Waals surface area contributed by atoms with Crippen molar-refractivity contribution in [1.82, 2.24) is 9.88 Å². The quantitative estimate of drug-likeness (QED) is 0.638.